The van der Waals surface area contributed by atoms with Crippen LogP contribution >= 0.6 is 11.3 Å². The fourth-order valence-electron chi connectivity index (χ4n) is 2.06. The number of carbonyl (C=O) groups is 1. The largest absolute Gasteiger partial charge is 0.465 e. The van der Waals surface area contributed by atoms with Crippen LogP contribution in [0.3, 0.4) is 0 Å². The van der Waals surface area contributed by atoms with Crippen LogP contribution in [0.4, 0.5) is 0 Å². The van der Waals surface area contributed by atoms with Gasteiger partial charge in [-0.05, 0) is 30.7 Å². The molecular weight excluding hydrogens is 288 g/mol. The molecule has 6 heteroatoms. The van der Waals surface area contributed by atoms with Crippen molar-refractivity contribution in [1.29, 1.82) is 0 Å². The molecule has 2 rings (SSSR count). The van der Waals surface area contributed by atoms with Gasteiger partial charge in [-0.1, -0.05) is 25.1 Å². The molecule has 0 bridgehead atoms. The van der Waals surface area contributed by atoms with E-state index in [1.165, 1.54) is 4.88 Å². The Bertz CT molecular complexity index is 563. The Kier molecular flexibility index (Phi) is 5.50. The Morgan fingerprint density at radius 1 is 1.48 bits per heavy atom. The molecule has 0 saturated carbocycles. The molecule has 2 aromatic rings. The lowest BCUT2D eigenvalue weighted by Gasteiger charge is -2.13. The van der Waals surface area contributed by atoms with Crippen molar-refractivity contribution in [1.82, 2.24) is 10.1 Å². The second-order valence-corrected chi connectivity index (χ2v) is 6.27. The average Bonchev–Trinajstić information content (AvgIpc) is 3.08. The third-order valence-electron chi connectivity index (χ3n) is 2.97. The third kappa shape index (κ3) is 4.39. The van der Waals surface area contributed by atoms with Crippen LogP contribution in [0, 0.1) is 5.92 Å². The van der Waals surface area contributed by atoms with Crippen LogP contribution in [-0.4, -0.2) is 22.7 Å². The van der Waals surface area contributed by atoms with E-state index in [1.807, 2.05) is 17.5 Å². The zero-order chi connectivity index (χ0) is 15.2. The summed E-state index contributed by atoms with van der Waals surface area (Å²) in [6.45, 7) is 6.24. The highest BCUT2D eigenvalue weighted by molar-refractivity contribution is 7.09. The van der Waals surface area contributed by atoms with Crippen molar-refractivity contribution in [2.24, 2.45) is 5.92 Å². The van der Waals surface area contributed by atoms with Gasteiger partial charge in [-0.25, -0.2) is 0 Å². The van der Waals surface area contributed by atoms with E-state index < -0.39 is 5.92 Å². The number of ether oxygens (including phenoxy) is 1. The van der Waals surface area contributed by atoms with Crippen molar-refractivity contribution >= 4 is 17.3 Å². The van der Waals surface area contributed by atoms with Crippen LogP contribution < -0.4 is 0 Å². The van der Waals surface area contributed by atoms with Crippen LogP contribution in [0.5, 0.6) is 0 Å². The normalized spacial score (nSPS) is 12.6. The molecule has 1 atom stereocenters. The van der Waals surface area contributed by atoms with E-state index in [0.29, 0.717) is 37.1 Å². The maximum Gasteiger partial charge on any atom is 0.318 e. The summed E-state index contributed by atoms with van der Waals surface area (Å²) in [7, 11) is 0. The molecule has 0 fully saturated rings. The molecule has 0 amide bonds. The number of hydrogen-bond donors (Lipinski definition) is 0. The molecule has 21 heavy (non-hydrogen) atoms. The third-order valence-corrected chi connectivity index (χ3v) is 3.85. The van der Waals surface area contributed by atoms with Crippen molar-refractivity contribution in [3.05, 3.63) is 34.1 Å². The Balaban J connectivity index is 2.12. The number of thiophene rings is 1. The van der Waals surface area contributed by atoms with Crippen molar-refractivity contribution < 1.29 is 14.1 Å². The number of esters is 1. The molecular formula is C15H20N2O3S. The van der Waals surface area contributed by atoms with Gasteiger partial charge in [0, 0.05) is 11.3 Å². The first-order valence-corrected chi connectivity index (χ1v) is 7.99. The fraction of sp³-hybridized carbons (Fsp3) is 0.533. The van der Waals surface area contributed by atoms with Gasteiger partial charge in [-0.2, -0.15) is 4.98 Å². The lowest BCUT2D eigenvalue weighted by atomic mass is 9.97. The first kappa shape index (κ1) is 15.7. The standard InChI is InChI=1S/C15H20N2O3S/c1-4-19-15(18)12(8-10(2)3)14-16-13(17-20-14)9-11-6-5-7-21-11/h5-7,10,12H,4,8-9H2,1-3H3. The quantitative estimate of drug-likeness (QED) is 0.733. The van der Waals surface area contributed by atoms with Gasteiger partial charge in [0.25, 0.3) is 0 Å². The fourth-order valence-corrected chi connectivity index (χ4v) is 2.76. The summed E-state index contributed by atoms with van der Waals surface area (Å²) in [4.78, 5) is 17.6. The Hall–Kier alpha value is -1.69. The summed E-state index contributed by atoms with van der Waals surface area (Å²) in [5, 5.41) is 5.98. The van der Waals surface area contributed by atoms with Gasteiger partial charge >= 0.3 is 5.97 Å². The number of aromatic nitrogens is 2. The molecule has 5 nitrogen and oxygen atoms in total. The van der Waals surface area contributed by atoms with E-state index in [-0.39, 0.29) is 5.97 Å². The predicted molar refractivity (Wildman–Crippen MR) is 80.3 cm³/mol. The highest BCUT2D eigenvalue weighted by Gasteiger charge is 2.29. The number of nitrogens with zero attached hydrogens (tertiary/aromatic N) is 2. The lowest BCUT2D eigenvalue weighted by Crippen LogP contribution is -2.18. The Morgan fingerprint density at radius 2 is 2.29 bits per heavy atom. The molecule has 0 aliphatic heterocycles. The molecule has 0 aliphatic carbocycles. The summed E-state index contributed by atoms with van der Waals surface area (Å²) in [6.07, 6.45) is 1.26. The molecule has 0 N–H and O–H groups in total. The first-order valence-electron chi connectivity index (χ1n) is 7.11. The van der Waals surface area contributed by atoms with E-state index in [0.717, 1.165) is 0 Å². The van der Waals surface area contributed by atoms with Gasteiger partial charge in [0.2, 0.25) is 5.89 Å². The molecule has 2 heterocycles. The molecule has 0 aliphatic rings. The molecule has 0 aromatic carbocycles. The van der Waals surface area contributed by atoms with Crippen LogP contribution in [-0.2, 0) is 16.0 Å². The monoisotopic (exact) mass is 308 g/mol. The second kappa shape index (κ2) is 7.36. The molecule has 0 spiro atoms. The average molecular weight is 308 g/mol. The predicted octanol–water partition coefficient (Wildman–Crippen LogP) is 3.41. The molecule has 1 unspecified atom stereocenters. The number of carbonyl (C=O) groups excluding carboxylic acids is 1. The Morgan fingerprint density at radius 3 is 2.90 bits per heavy atom. The van der Waals surface area contributed by atoms with E-state index in [1.54, 1.807) is 18.3 Å². The SMILES string of the molecule is CCOC(=O)C(CC(C)C)c1nc(Cc2cccs2)no1. The number of hydrogen-bond acceptors (Lipinski definition) is 6. The zero-order valence-corrected chi connectivity index (χ0v) is 13.4. The molecule has 0 radical (unpaired) electrons. The summed E-state index contributed by atoms with van der Waals surface area (Å²) in [5.41, 5.74) is 0. The molecule has 0 saturated heterocycles. The minimum Gasteiger partial charge on any atom is -0.465 e. The zero-order valence-electron chi connectivity index (χ0n) is 12.5. The van der Waals surface area contributed by atoms with Crippen molar-refractivity contribution in [2.75, 3.05) is 6.61 Å². The highest BCUT2D eigenvalue weighted by Crippen LogP contribution is 2.24. The topological polar surface area (TPSA) is 65.2 Å². The van der Waals surface area contributed by atoms with Crippen molar-refractivity contribution in [2.45, 2.75) is 39.5 Å². The Labute approximate surface area is 128 Å². The van der Waals surface area contributed by atoms with Gasteiger partial charge in [0.15, 0.2) is 5.82 Å². The summed E-state index contributed by atoms with van der Waals surface area (Å²) in [5.74, 6) is 0.526. The van der Waals surface area contributed by atoms with E-state index >= 15 is 0 Å². The lowest BCUT2D eigenvalue weighted by molar-refractivity contribution is -0.146. The van der Waals surface area contributed by atoms with Crippen LogP contribution in [0.25, 0.3) is 0 Å². The van der Waals surface area contributed by atoms with Crippen molar-refractivity contribution in [3.8, 4) is 0 Å². The van der Waals surface area contributed by atoms with Gasteiger partial charge in [0.1, 0.15) is 5.92 Å². The summed E-state index contributed by atoms with van der Waals surface area (Å²) in [6, 6.07) is 4.01. The molecule has 114 valence electrons. The van der Waals surface area contributed by atoms with Gasteiger partial charge in [-0.3, -0.25) is 4.79 Å². The highest BCUT2D eigenvalue weighted by atomic mass is 32.1. The second-order valence-electron chi connectivity index (χ2n) is 5.24. The smallest absolute Gasteiger partial charge is 0.318 e. The van der Waals surface area contributed by atoms with Gasteiger partial charge < -0.3 is 9.26 Å². The number of rotatable bonds is 7. The van der Waals surface area contributed by atoms with E-state index in [2.05, 4.69) is 24.0 Å². The summed E-state index contributed by atoms with van der Waals surface area (Å²) < 4.78 is 10.4. The van der Waals surface area contributed by atoms with E-state index in [4.69, 9.17) is 9.26 Å². The van der Waals surface area contributed by atoms with Crippen molar-refractivity contribution in [3.63, 3.8) is 0 Å². The van der Waals surface area contributed by atoms with E-state index in [9.17, 15) is 4.79 Å². The summed E-state index contributed by atoms with van der Waals surface area (Å²) >= 11 is 1.65. The first-order chi connectivity index (χ1) is 10.1. The molecule has 2 aromatic heterocycles. The minimum atomic E-state index is -0.477. The maximum absolute atomic E-state index is 12.1. The van der Waals surface area contributed by atoms with Crippen LogP contribution in [0.2, 0.25) is 0 Å². The van der Waals surface area contributed by atoms with Gasteiger partial charge in [-0.15, -0.1) is 11.3 Å². The van der Waals surface area contributed by atoms with Gasteiger partial charge in [0.05, 0.1) is 6.61 Å². The van der Waals surface area contributed by atoms with Crippen LogP contribution in [0.1, 0.15) is 49.7 Å². The van der Waals surface area contributed by atoms with Crippen LogP contribution in [0.15, 0.2) is 22.0 Å². The minimum absolute atomic E-state index is 0.294. The maximum atomic E-state index is 12.1.